The second-order valence-electron chi connectivity index (χ2n) is 9.59. The predicted molar refractivity (Wildman–Crippen MR) is 154 cm³/mol. The van der Waals surface area contributed by atoms with Crippen molar-refractivity contribution in [2.24, 2.45) is 5.92 Å². The first-order valence-electron chi connectivity index (χ1n) is 12.8. The van der Waals surface area contributed by atoms with Crippen LogP contribution in [0.2, 0.25) is 10.0 Å². The molecule has 0 aliphatic carbocycles. The van der Waals surface area contributed by atoms with E-state index in [9.17, 15) is 10.1 Å². The number of urea groups is 1. The molecule has 2 N–H and O–H groups in total. The third-order valence-electron chi connectivity index (χ3n) is 7.08. The third-order valence-corrected chi connectivity index (χ3v) is 7.52. The van der Waals surface area contributed by atoms with E-state index in [-0.39, 0.29) is 11.9 Å². The van der Waals surface area contributed by atoms with E-state index >= 15 is 0 Å². The molecule has 8 heteroatoms. The van der Waals surface area contributed by atoms with Gasteiger partial charge in [0, 0.05) is 41.8 Å². The average Bonchev–Trinajstić information content (AvgIpc) is 2.92. The molecule has 2 amide bonds. The first kappa shape index (κ1) is 27.9. The maximum atomic E-state index is 12.8. The lowest BCUT2D eigenvalue weighted by molar-refractivity contribution is 0.114. The molecule has 0 aromatic heterocycles. The van der Waals surface area contributed by atoms with Crippen LogP contribution >= 0.6 is 23.2 Å². The van der Waals surface area contributed by atoms with Gasteiger partial charge in [0.05, 0.1) is 18.2 Å². The number of likely N-dealkylation sites (tertiary alicyclic amines) is 1. The Kier molecular flexibility index (Phi) is 10.0. The first-order chi connectivity index (χ1) is 18.4. The fraction of sp³-hybridized carbons (Fsp3) is 0.333. The van der Waals surface area contributed by atoms with Crippen molar-refractivity contribution in [2.75, 3.05) is 45.2 Å². The Morgan fingerprint density at radius 1 is 1.05 bits per heavy atom. The zero-order chi connectivity index (χ0) is 26.9. The number of benzene rings is 3. The Morgan fingerprint density at radius 2 is 1.76 bits per heavy atom. The predicted octanol–water partition coefficient (Wildman–Crippen LogP) is 6.80. The summed E-state index contributed by atoms with van der Waals surface area (Å²) in [4.78, 5) is 15.2. The highest BCUT2D eigenvalue weighted by molar-refractivity contribution is 6.35. The number of carbonyl (C=O) groups is 1. The van der Waals surface area contributed by atoms with Crippen molar-refractivity contribution in [1.29, 1.82) is 5.26 Å². The van der Waals surface area contributed by atoms with Gasteiger partial charge in [-0.25, -0.2) is 4.79 Å². The van der Waals surface area contributed by atoms with E-state index < -0.39 is 0 Å². The smallest absolute Gasteiger partial charge is 0.319 e. The summed E-state index contributed by atoms with van der Waals surface area (Å²) in [7, 11) is 1.73. The van der Waals surface area contributed by atoms with Crippen molar-refractivity contribution in [1.82, 2.24) is 10.2 Å². The molecule has 0 radical (unpaired) electrons. The largest absolute Gasteiger partial charge is 0.383 e. The van der Waals surface area contributed by atoms with Crippen LogP contribution in [-0.2, 0) is 4.74 Å². The molecule has 6 nitrogen and oxygen atoms in total. The van der Waals surface area contributed by atoms with E-state index in [0.717, 1.165) is 50.2 Å². The molecule has 4 rings (SSSR count). The summed E-state index contributed by atoms with van der Waals surface area (Å²) in [6.07, 6.45) is 2.10. The van der Waals surface area contributed by atoms with Crippen LogP contribution in [0.25, 0.3) is 11.1 Å². The molecule has 1 unspecified atom stereocenters. The number of anilines is 1. The number of hydrogen-bond acceptors (Lipinski definition) is 4. The molecule has 1 aliphatic heterocycles. The molecule has 0 bridgehead atoms. The van der Waals surface area contributed by atoms with Crippen molar-refractivity contribution in [3.05, 3.63) is 87.9 Å². The lowest BCUT2D eigenvalue weighted by Crippen LogP contribution is -2.40. The minimum Gasteiger partial charge on any atom is -0.383 e. The highest BCUT2D eigenvalue weighted by Crippen LogP contribution is 2.34. The summed E-state index contributed by atoms with van der Waals surface area (Å²) >= 11 is 12.2. The Balaban J connectivity index is 1.48. The van der Waals surface area contributed by atoms with Crippen LogP contribution in [0.15, 0.2) is 66.7 Å². The Labute approximate surface area is 234 Å². The van der Waals surface area contributed by atoms with Crippen LogP contribution in [0.3, 0.4) is 0 Å². The zero-order valence-corrected chi connectivity index (χ0v) is 22.9. The number of methoxy groups -OCH3 is 1. The zero-order valence-electron chi connectivity index (χ0n) is 21.4. The van der Waals surface area contributed by atoms with E-state index in [1.165, 1.54) is 5.56 Å². The van der Waals surface area contributed by atoms with Gasteiger partial charge in [-0.3, -0.25) is 0 Å². The van der Waals surface area contributed by atoms with Gasteiger partial charge in [0.2, 0.25) is 0 Å². The normalized spacial score (nSPS) is 15.0. The van der Waals surface area contributed by atoms with Gasteiger partial charge in [0.25, 0.3) is 0 Å². The van der Waals surface area contributed by atoms with E-state index in [2.05, 4.69) is 45.9 Å². The number of rotatable bonds is 9. The summed E-state index contributed by atoms with van der Waals surface area (Å²) in [5.41, 5.74) is 4.44. The minimum atomic E-state index is -0.296. The molecule has 1 saturated heterocycles. The van der Waals surface area contributed by atoms with Gasteiger partial charge < -0.3 is 20.3 Å². The number of nitriles is 1. The molecular weight excluding hydrogens is 519 g/mol. The maximum Gasteiger partial charge on any atom is 0.319 e. The summed E-state index contributed by atoms with van der Waals surface area (Å²) in [5.74, 6) is 0.593. The number of ether oxygens (including phenoxy) is 1. The molecule has 1 aliphatic rings. The van der Waals surface area contributed by atoms with Crippen LogP contribution in [0.4, 0.5) is 10.5 Å². The van der Waals surface area contributed by atoms with Crippen LogP contribution in [0, 0.1) is 17.2 Å². The number of nitrogens with one attached hydrogen (secondary N) is 2. The second-order valence-corrected chi connectivity index (χ2v) is 10.5. The lowest BCUT2D eigenvalue weighted by atomic mass is 9.79. The average molecular weight is 552 g/mol. The van der Waals surface area contributed by atoms with E-state index in [0.29, 0.717) is 33.8 Å². The number of piperidine rings is 1. The summed E-state index contributed by atoms with van der Waals surface area (Å²) in [6, 6.07) is 23.0. The molecule has 1 atom stereocenters. The van der Waals surface area contributed by atoms with E-state index in [1.54, 1.807) is 31.4 Å². The number of hydrogen-bond donors (Lipinski definition) is 2. The van der Waals surface area contributed by atoms with Gasteiger partial charge in [-0.2, -0.15) is 5.26 Å². The molecule has 3 aromatic rings. The quantitative estimate of drug-likeness (QED) is 0.307. The Morgan fingerprint density at radius 3 is 2.42 bits per heavy atom. The summed E-state index contributed by atoms with van der Waals surface area (Å²) in [5, 5.41) is 16.1. The van der Waals surface area contributed by atoms with Crippen LogP contribution in [-0.4, -0.2) is 50.8 Å². The summed E-state index contributed by atoms with van der Waals surface area (Å²) < 4.78 is 5.25. The number of halogens is 2. The number of carbonyl (C=O) groups excluding carboxylic acids is 1. The Bertz CT molecular complexity index is 1250. The van der Waals surface area contributed by atoms with E-state index in [1.807, 2.05) is 18.2 Å². The maximum absolute atomic E-state index is 12.8. The van der Waals surface area contributed by atoms with Gasteiger partial charge in [-0.1, -0.05) is 59.6 Å². The fourth-order valence-electron chi connectivity index (χ4n) is 5.05. The van der Waals surface area contributed by atoms with Crippen molar-refractivity contribution < 1.29 is 9.53 Å². The molecular formula is C30H32Cl2N4O2. The van der Waals surface area contributed by atoms with Crippen molar-refractivity contribution in [3.63, 3.8) is 0 Å². The van der Waals surface area contributed by atoms with Gasteiger partial charge in [0.15, 0.2) is 0 Å². The summed E-state index contributed by atoms with van der Waals surface area (Å²) in [6.45, 7) is 4.20. The van der Waals surface area contributed by atoms with E-state index in [4.69, 9.17) is 27.9 Å². The van der Waals surface area contributed by atoms with Gasteiger partial charge in [-0.15, -0.1) is 0 Å². The SMILES string of the molecule is COCCN1CCC(C(CNC(=O)Nc2cc(Cl)cc(Cl)c2)c2ccc(-c3cccc(C#N)c3)cc2)CC1. The Hall–Kier alpha value is -3.08. The molecule has 1 heterocycles. The topological polar surface area (TPSA) is 77.4 Å². The van der Waals surface area contributed by atoms with Crippen LogP contribution in [0.1, 0.15) is 29.9 Å². The number of nitrogens with zero attached hydrogens (tertiary/aromatic N) is 2. The standard InChI is InChI=1S/C30H32Cl2N4O2/c1-38-14-13-36-11-9-24(10-12-36)29(20-34-30(37)35-28-17-26(31)16-27(32)18-28)23-7-5-22(6-8-23)25-4-2-3-21(15-25)19-33/h2-8,15-18,24,29H,9-14,20H2,1H3,(H2,34,35,37). The third kappa shape index (κ3) is 7.72. The number of amides is 2. The minimum absolute atomic E-state index is 0.160. The van der Waals surface area contributed by atoms with Gasteiger partial charge in [0.1, 0.15) is 0 Å². The highest BCUT2D eigenvalue weighted by Gasteiger charge is 2.28. The second kappa shape index (κ2) is 13.6. The lowest BCUT2D eigenvalue weighted by Gasteiger charge is -2.36. The van der Waals surface area contributed by atoms with Crippen LogP contribution in [0.5, 0.6) is 0 Å². The molecule has 0 spiro atoms. The van der Waals surface area contributed by atoms with Gasteiger partial charge >= 0.3 is 6.03 Å². The van der Waals surface area contributed by atoms with Crippen LogP contribution < -0.4 is 10.6 Å². The molecule has 3 aromatic carbocycles. The highest BCUT2D eigenvalue weighted by atomic mass is 35.5. The first-order valence-corrected chi connectivity index (χ1v) is 13.5. The van der Waals surface area contributed by atoms with Gasteiger partial charge in [-0.05, 0) is 78.9 Å². The van der Waals surface area contributed by atoms with Crippen molar-refractivity contribution >= 4 is 34.9 Å². The van der Waals surface area contributed by atoms with Crippen molar-refractivity contribution in [3.8, 4) is 17.2 Å². The van der Waals surface area contributed by atoms with Crippen molar-refractivity contribution in [2.45, 2.75) is 18.8 Å². The molecule has 1 fully saturated rings. The molecule has 198 valence electrons. The fourth-order valence-corrected chi connectivity index (χ4v) is 5.58. The monoisotopic (exact) mass is 550 g/mol. The molecule has 0 saturated carbocycles. The molecule has 38 heavy (non-hydrogen) atoms.